The number of hydrogen-bond donors (Lipinski definition) is 1. The maximum atomic E-state index is 12.7. The van der Waals surface area contributed by atoms with Gasteiger partial charge < -0.3 is 19.3 Å². The number of halogens is 1. The molecule has 0 radical (unpaired) electrons. The Bertz CT molecular complexity index is 1170. The summed E-state index contributed by atoms with van der Waals surface area (Å²) in [5.41, 5.74) is -0.487. The highest BCUT2D eigenvalue weighted by Gasteiger charge is 2.61. The van der Waals surface area contributed by atoms with Gasteiger partial charge in [-0.3, -0.25) is 24.6 Å². The number of β-lactam (4-membered cyclic amide) rings is 1. The molecule has 2 aromatic rings. The Morgan fingerprint density at radius 1 is 1.15 bits per heavy atom. The fourth-order valence-electron chi connectivity index (χ4n) is 3.39. The van der Waals surface area contributed by atoms with Gasteiger partial charge in [0.05, 0.1) is 9.96 Å². The lowest BCUT2D eigenvalue weighted by molar-refractivity contribution is -0.384. The Morgan fingerprint density at radius 3 is 2.47 bits per heavy atom. The molecule has 0 aromatic heterocycles. The van der Waals surface area contributed by atoms with Crippen LogP contribution in [0.1, 0.15) is 0 Å². The molecule has 2 amide bonds. The molecule has 2 aliphatic heterocycles. The first-order chi connectivity index (χ1) is 16.3. The van der Waals surface area contributed by atoms with Crippen LogP contribution in [0.25, 0.3) is 0 Å². The molecule has 13 heteroatoms. The van der Waals surface area contributed by atoms with Crippen LogP contribution >= 0.6 is 11.6 Å². The zero-order valence-electron chi connectivity index (χ0n) is 17.2. The topological polar surface area (TPSA) is 151 Å². The Kier molecular flexibility index (Phi) is 6.72. The van der Waals surface area contributed by atoms with Crippen LogP contribution in [0.5, 0.6) is 11.5 Å². The first-order valence-corrected chi connectivity index (χ1v) is 11.5. The van der Waals surface area contributed by atoms with E-state index < -0.39 is 45.3 Å². The highest BCUT2D eigenvalue weighted by molar-refractivity contribution is 7.92. The van der Waals surface area contributed by atoms with Gasteiger partial charge in [-0.05, 0) is 35.4 Å². The van der Waals surface area contributed by atoms with Crippen molar-refractivity contribution in [2.75, 3.05) is 12.4 Å². The molecule has 34 heavy (non-hydrogen) atoms. The monoisotopic (exact) mass is 505 g/mol. The van der Waals surface area contributed by atoms with Gasteiger partial charge in [0.15, 0.2) is 18.3 Å². The molecule has 11 nitrogen and oxygen atoms in total. The number of fused-ring (bicyclic) bond motifs is 1. The molecule has 4 rings (SSSR count). The number of ether oxygens (including phenoxy) is 2. The number of esters is 1. The van der Waals surface area contributed by atoms with Crippen LogP contribution in [0.15, 0.2) is 65.3 Å². The summed E-state index contributed by atoms with van der Waals surface area (Å²) in [6.45, 7) is -0.362. The lowest BCUT2D eigenvalue weighted by Gasteiger charge is -2.48. The van der Waals surface area contributed by atoms with E-state index in [2.05, 4.69) is 5.32 Å². The number of nitro groups is 1. The van der Waals surface area contributed by atoms with Crippen LogP contribution in [0.3, 0.4) is 0 Å². The largest absolute Gasteiger partial charge is 0.614 e. The van der Waals surface area contributed by atoms with E-state index in [4.69, 9.17) is 21.1 Å². The molecule has 2 heterocycles. The van der Waals surface area contributed by atoms with Crippen LogP contribution in [-0.4, -0.2) is 55.9 Å². The molecule has 3 atom stereocenters. The predicted molar refractivity (Wildman–Crippen MR) is 119 cm³/mol. The van der Waals surface area contributed by atoms with Gasteiger partial charge >= 0.3 is 5.97 Å². The molecule has 2 aromatic carbocycles. The Morgan fingerprint density at radius 2 is 1.82 bits per heavy atom. The van der Waals surface area contributed by atoms with Gasteiger partial charge in [-0.15, -0.1) is 0 Å². The molecule has 176 valence electrons. The van der Waals surface area contributed by atoms with Crippen molar-refractivity contribution in [1.82, 2.24) is 10.2 Å². The van der Waals surface area contributed by atoms with Gasteiger partial charge in [0, 0.05) is 12.1 Å². The molecule has 0 spiro atoms. The summed E-state index contributed by atoms with van der Waals surface area (Å²) in [4.78, 5) is 48.8. The summed E-state index contributed by atoms with van der Waals surface area (Å²) in [6.07, 6.45) is 0. The third-order valence-electron chi connectivity index (χ3n) is 4.96. The SMILES string of the molecule is O=C(COc1ccccc1)NC1C(=O)N2C(C(=O)Oc3ccc([N+](=O)[O-])cc3)=C(Cl)C[S+]([O-])[C@@H]12. The number of para-hydroxylation sites is 1. The number of nitrogens with zero attached hydrogens (tertiary/aromatic N) is 2. The molecule has 2 aliphatic rings. The summed E-state index contributed by atoms with van der Waals surface area (Å²) < 4.78 is 23.1. The number of rotatable bonds is 7. The van der Waals surface area contributed by atoms with E-state index in [0.717, 1.165) is 17.0 Å². The summed E-state index contributed by atoms with van der Waals surface area (Å²) >= 11 is 4.45. The van der Waals surface area contributed by atoms with E-state index in [1.807, 2.05) is 0 Å². The van der Waals surface area contributed by atoms with E-state index in [9.17, 15) is 29.1 Å². The average molecular weight is 506 g/mol. The van der Waals surface area contributed by atoms with Crippen molar-refractivity contribution in [2.45, 2.75) is 11.4 Å². The first-order valence-electron chi connectivity index (χ1n) is 9.79. The van der Waals surface area contributed by atoms with Crippen LogP contribution in [0.2, 0.25) is 0 Å². The molecule has 0 saturated carbocycles. The van der Waals surface area contributed by atoms with Gasteiger partial charge in [-0.2, -0.15) is 0 Å². The minimum Gasteiger partial charge on any atom is -0.614 e. The average Bonchev–Trinajstić information content (AvgIpc) is 2.82. The number of nitrogens with one attached hydrogen (secondary N) is 1. The van der Waals surface area contributed by atoms with Gasteiger partial charge in [0.1, 0.15) is 17.3 Å². The van der Waals surface area contributed by atoms with E-state index in [0.29, 0.717) is 5.75 Å². The van der Waals surface area contributed by atoms with Crippen molar-refractivity contribution in [2.24, 2.45) is 0 Å². The van der Waals surface area contributed by atoms with Crippen LogP contribution in [-0.2, 0) is 25.6 Å². The molecule has 0 aliphatic carbocycles. The number of carbonyl (C=O) groups is 3. The number of hydrogen-bond acceptors (Lipinski definition) is 8. The quantitative estimate of drug-likeness (QED) is 0.148. The van der Waals surface area contributed by atoms with Crippen molar-refractivity contribution in [1.29, 1.82) is 0 Å². The normalized spacial score (nSPS) is 21.3. The van der Waals surface area contributed by atoms with Crippen molar-refractivity contribution in [3.8, 4) is 11.5 Å². The molecular formula is C21H16ClN3O8S. The minimum atomic E-state index is -1.68. The zero-order valence-corrected chi connectivity index (χ0v) is 18.8. The van der Waals surface area contributed by atoms with Crippen LogP contribution < -0.4 is 14.8 Å². The van der Waals surface area contributed by atoms with E-state index in [1.165, 1.54) is 12.1 Å². The molecule has 2 unspecified atom stereocenters. The first kappa shape index (κ1) is 23.5. The molecule has 1 N–H and O–H groups in total. The maximum Gasteiger partial charge on any atom is 0.362 e. The molecule has 1 saturated heterocycles. The van der Waals surface area contributed by atoms with Crippen LogP contribution in [0.4, 0.5) is 5.69 Å². The number of carbonyl (C=O) groups excluding carboxylic acids is 3. The Labute approximate surface area is 200 Å². The minimum absolute atomic E-state index is 0.00769. The standard InChI is InChI=1S/C21H16ClN3O8S/c22-15-11-34(31)20-17(23-16(26)10-32-13-4-2-1-3-5-13)19(27)24(20)18(15)21(28)33-14-8-6-12(7-9-14)25(29)30/h1-9,17,20H,10-11H2,(H,23,26)/t17?,20-,34?/m0/s1. The lowest BCUT2D eigenvalue weighted by Crippen LogP contribution is -2.75. The van der Waals surface area contributed by atoms with E-state index in [1.54, 1.807) is 30.3 Å². The molecular weight excluding hydrogens is 490 g/mol. The highest BCUT2D eigenvalue weighted by Crippen LogP contribution is 2.38. The van der Waals surface area contributed by atoms with Gasteiger partial charge in [-0.1, -0.05) is 29.8 Å². The number of benzene rings is 2. The van der Waals surface area contributed by atoms with E-state index >= 15 is 0 Å². The van der Waals surface area contributed by atoms with Gasteiger partial charge in [0.2, 0.25) is 5.37 Å². The molecule has 1 fully saturated rings. The van der Waals surface area contributed by atoms with Gasteiger partial charge in [-0.25, -0.2) is 4.79 Å². The van der Waals surface area contributed by atoms with Crippen LogP contribution in [0, 0.1) is 10.1 Å². The zero-order chi connectivity index (χ0) is 24.4. The fourth-order valence-corrected chi connectivity index (χ4v) is 5.37. The molecule has 0 bridgehead atoms. The number of amides is 2. The van der Waals surface area contributed by atoms with Crippen molar-refractivity contribution in [3.63, 3.8) is 0 Å². The second-order valence-corrected chi connectivity index (χ2v) is 9.15. The lowest BCUT2D eigenvalue weighted by atomic mass is 10.1. The third-order valence-corrected chi connectivity index (χ3v) is 7.03. The van der Waals surface area contributed by atoms with Crippen molar-refractivity contribution < 1.29 is 33.3 Å². The summed E-state index contributed by atoms with van der Waals surface area (Å²) in [6, 6.07) is 12.2. The Hall–Kier alpha value is -3.61. The predicted octanol–water partition coefficient (Wildman–Crippen LogP) is 1.45. The smallest absolute Gasteiger partial charge is 0.362 e. The fraction of sp³-hybridized carbons (Fsp3) is 0.190. The summed E-state index contributed by atoms with van der Waals surface area (Å²) in [5.74, 6) is -2.04. The second kappa shape index (κ2) is 9.71. The van der Waals surface area contributed by atoms with Crippen molar-refractivity contribution >= 4 is 46.2 Å². The number of nitro benzene ring substituents is 1. The van der Waals surface area contributed by atoms with Crippen molar-refractivity contribution in [3.05, 3.63) is 75.4 Å². The third kappa shape index (κ3) is 4.69. The summed E-state index contributed by atoms with van der Waals surface area (Å²) in [5, 5.41) is 12.1. The number of non-ortho nitro benzene ring substituents is 1. The van der Waals surface area contributed by atoms with E-state index in [-0.39, 0.29) is 34.5 Å². The Balaban J connectivity index is 1.42. The highest BCUT2D eigenvalue weighted by atomic mass is 35.5. The summed E-state index contributed by atoms with van der Waals surface area (Å²) in [7, 11) is 0. The second-order valence-electron chi connectivity index (χ2n) is 7.16. The maximum absolute atomic E-state index is 12.7. The van der Waals surface area contributed by atoms with Gasteiger partial charge in [0.25, 0.3) is 17.5 Å².